The van der Waals surface area contributed by atoms with Crippen LogP contribution in [0, 0.1) is 6.92 Å². The van der Waals surface area contributed by atoms with Gasteiger partial charge in [-0.3, -0.25) is 14.3 Å². The molecule has 0 atom stereocenters. The van der Waals surface area contributed by atoms with Gasteiger partial charge in [0, 0.05) is 30.3 Å². The van der Waals surface area contributed by atoms with Crippen molar-refractivity contribution in [1.82, 2.24) is 24.5 Å². The molecule has 0 aliphatic heterocycles. The van der Waals surface area contributed by atoms with Crippen LogP contribution in [0.3, 0.4) is 0 Å². The lowest BCUT2D eigenvalue weighted by molar-refractivity contribution is -0.115. The number of carbonyl (C=O) groups excluding carboxylic acids is 1. The first-order chi connectivity index (χ1) is 20.4. The first-order valence-electron chi connectivity index (χ1n) is 13.2. The number of nitrogens with one attached hydrogen (secondary N) is 1. The van der Waals surface area contributed by atoms with Gasteiger partial charge in [0.15, 0.2) is 0 Å². The minimum atomic E-state index is -0.284. The number of ether oxygens (including phenoxy) is 2. The Morgan fingerprint density at radius 1 is 0.857 bits per heavy atom. The average molecular weight is 583 g/mol. The van der Waals surface area contributed by atoms with Gasteiger partial charge in [-0.25, -0.2) is 9.67 Å². The summed E-state index contributed by atoms with van der Waals surface area (Å²) in [6.45, 7) is 1.80. The van der Waals surface area contributed by atoms with Gasteiger partial charge in [-0.1, -0.05) is 30.0 Å². The molecule has 0 fully saturated rings. The topological polar surface area (TPSA) is 113 Å². The standard InChI is InChI=1S/C31H30N6O4S/c1-20-27(30(39)37(36(20)2)23-8-6-5-7-9-23)32-26(38)18-19-42-31-33-28(21-10-14-24(40-3)15-11-21)29(34-35-31)22-12-16-25(41-4)17-13-22/h5-17H,18-19H2,1-4H3,(H,32,38). The zero-order valence-corrected chi connectivity index (χ0v) is 24.5. The molecule has 0 saturated carbocycles. The smallest absolute Gasteiger partial charge is 0.295 e. The summed E-state index contributed by atoms with van der Waals surface area (Å²) in [5, 5.41) is 12.1. The van der Waals surface area contributed by atoms with E-state index in [0.29, 0.717) is 28.0 Å². The largest absolute Gasteiger partial charge is 0.497 e. The van der Waals surface area contributed by atoms with Crippen LogP contribution in [0.5, 0.6) is 11.5 Å². The molecule has 0 bridgehead atoms. The second-order valence-corrected chi connectivity index (χ2v) is 10.4. The molecule has 0 saturated heterocycles. The van der Waals surface area contributed by atoms with Crippen molar-refractivity contribution in [2.45, 2.75) is 18.5 Å². The maximum Gasteiger partial charge on any atom is 0.295 e. The highest BCUT2D eigenvalue weighted by atomic mass is 32.2. The number of methoxy groups -OCH3 is 2. The molecular formula is C31H30N6O4S. The molecular weight excluding hydrogens is 552 g/mol. The Kier molecular flexibility index (Phi) is 8.68. The Hall–Kier alpha value is -4.90. The van der Waals surface area contributed by atoms with Gasteiger partial charge in [-0.2, -0.15) is 0 Å². The minimum absolute atomic E-state index is 0.158. The van der Waals surface area contributed by atoms with Gasteiger partial charge in [-0.15, -0.1) is 10.2 Å². The molecule has 2 heterocycles. The SMILES string of the molecule is COc1ccc(-c2nnc(SCCC(=O)Nc3c(C)n(C)n(-c4ccccc4)c3=O)nc2-c2ccc(OC)cc2)cc1. The van der Waals surface area contributed by atoms with E-state index in [1.165, 1.54) is 16.4 Å². The van der Waals surface area contributed by atoms with E-state index in [1.54, 1.807) is 32.9 Å². The van der Waals surface area contributed by atoms with E-state index in [9.17, 15) is 9.59 Å². The third-order valence-electron chi connectivity index (χ3n) is 6.77. The summed E-state index contributed by atoms with van der Waals surface area (Å²) in [6.07, 6.45) is 0.158. The molecule has 0 radical (unpaired) electrons. The van der Waals surface area contributed by atoms with Crippen LogP contribution < -0.4 is 20.3 Å². The molecule has 42 heavy (non-hydrogen) atoms. The van der Waals surface area contributed by atoms with E-state index < -0.39 is 0 Å². The number of aromatic nitrogens is 5. The number of carbonyl (C=O) groups is 1. The normalized spacial score (nSPS) is 10.9. The van der Waals surface area contributed by atoms with Gasteiger partial charge in [0.2, 0.25) is 11.1 Å². The first kappa shape index (κ1) is 28.6. The fourth-order valence-corrected chi connectivity index (χ4v) is 5.14. The van der Waals surface area contributed by atoms with Crippen LogP contribution in [0.15, 0.2) is 88.8 Å². The zero-order valence-electron chi connectivity index (χ0n) is 23.7. The highest BCUT2D eigenvalue weighted by molar-refractivity contribution is 7.99. The van der Waals surface area contributed by atoms with Crippen molar-refractivity contribution in [3.63, 3.8) is 0 Å². The number of nitrogens with zero attached hydrogens (tertiary/aromatic N) is 5. The van der Waals surface area contributed by atoms with Crippen LogP contribution in [0.1, 0.15) is 12.1 Å². The number of rotatable bonds is 10. The molecule has 214 valence electrons. The van der Waals surface area contributed by atoms with Crippen molar-refractivity contribution in [2.24, 2.45) is 7.05 Å². The van der Waals surface area contributed by atoms with Crippen LogP contribution >= 0.6 is 11.8 Å². The lowest BCUT2D eigenvalue weighted by Crippen LogP contribution is -2.23. The number of hydrogen-bond donors (Lipinski definition) is 1. The maximum atomic E-state index is 13.1. The van der Waals surface area contributed by atoms with Crippen molar-refractivity contribution >= 4 is 23.4 Å². The van der Waals surface area contributed by atoms with Gasteiger partial charge in [0.25, 0.3) is 5.56 Å². The minimum Gasteiger partial charge on any atom is -0.497 e. The van der Waals surface area contributed by atoms with Gasteiger partial charge < -0.3 is 14.8 Å². The number of thioether (sulfide) groups is 1. The van der Waals surface area contributed by atoms with Crippen molar-refractivity contribution in [3.05, 3.63) is 94.9 Å². The summed E-state index contributed by atoms with van der Waals surface area (Å²) in [6, 6.07) is 24.4. The molecule has 11 heteroatoms. The fourth-order valence-electron chi connectivity index (χ4n) is 4.41. The Balaban J connectivity index is 1.32. The molecule has 0 spiro atoms. The van der Waals surface area contributed by atoms with Crippen LogP contribution in [-0.2, 0) is 11.8 Å². The number of amides is 1. The zero-order chi connectivity index (χ0) is 29.6. The summed E-state index contributed by atoms with van der Waals surface area (Å²) >= 11 is 1.32. The van der Waals surface area contributed by atoms with E-state index in [1.807, 2.05) is 78.9 Å². The Morgan fingerprint density at radius 2 is 1.45 bits per heavy atom. The highest BCUT2D eigenvalue weighted by Gasteiger charge is 2.19. The summed E-state index contributed by atoms with van der Waals surface area (Å²) in [5.41, 5.74) is 4.34. The predicted molar refractivity (Wildman–Crippen MR) is 164 cm³/mol. The van der Waals surface area contributed by atoms with E-state index in [4.69, 9.17) is 14.5 Å². The fraction of sp³-hybridized carbons (Fsp3) is 0.194. The van der Waals surface area contributed by atoms with Crippen LogP contribution in [0.2, 0.25) is 0 Å². The summed E-state index contributed by atoms with van der Waals surface area (Å²) in [4.78, 5) is 30.8. The molecule has 1 amide bonds. The number of benzene rings is 3. The van der Waals surface area contributed by atoms with Gasteiger partial charge in [0.05, 0.1) is 25.6 Å². The van der Waals surface area contributed by atoms with E-state index in [2.05, 4.69) is 15.5 Å². The van der Waals surface area contributed by atoms with Gasteiger partial charge >= 0.3 is 0 Å². The first-order valence-corrected chi connectivity index (χ1v) is 14.2. The summed E-state index contributed by atoms with van der Waals surface area (Å²) < 4.78 is 13.9. The van der Waals surface area contributed by atoms with Gasteiger partial charge in [-0.05, 0) is 67.6 Å². The van der Waals surface area contributed by atoms with E-state index in [0.717, 1.165) is 28.3 Å². The summed E-state index contributed by atoms with van der Waals surface area (Å²) in [7, 11) is 5.02. The monoisotopic (exact) mass is 582 g/mol. The van der Waals surface area contributed by atoms with E-state index in [-0.39, 0.29) is 23.6 Å². The third kappa shape index (κ3) is 6.06. The molecule has 0 aliphatic carbocycles. The second-order valence-electron chi connectivity index (χ2n) is 9.33. The van der Waals surface area contributed by atoms with Gasteiger partial charge in [0.1, 0.15) is 28.6 Å². The lowest BCUT2D eigenvalue weighted by Gasteiger charge is -2.10. The van der Waals surface area contributed by atoms with Crippen molar-refractivity contribution in [3.8, 4) is 39.7 Å². The predicted octanol–water partition coefficient (Wildman–Crippen LogP) is 5.14. The molecule has 5 rings (SSSR count). The summed E-state index contributed by atoms with van der Waals surface area (Å²) in [5.74, 6) is 1.60. The molecule has 2 aromatic heterocycles. The maximum absolute atomic E-state index is 13.1. The Morgan fingerprint density at radius 3 is 2.05 bits per heavy atom. The van der Waals surface area contributed by atoms with Crippen molar-refractivity contribution in [1.29, 1.82) is 0 Å². The molecule has 1 N–H and O–H groups in total. The number of hydrogen-bond acceptors (Lipinski definition) is 8. The molecule has 10 nitrogen and oxygen atoms in total. The third-order valence-corrected chi connectivity index (χ3v) is 7.61. The lowest BCUT2D eigenvalue weighted by atomic mass is 10.0. The van der Waals surface area contributed by atoms with Crippen LogP contribution in [0.4, 0.5) is 5.69 Å². The molecule has 0 aliphatic rings. The second kappa shape index (κ2) is 12.7. The molecule has 5 aromatic rings. The van der Waals surface area contributed by atoms with Crippen LogP contribution in [-0.4, -0.2) is 50.4 Å². The number of para-hydroxylation sites is 1. The highest BCUT2D eigenvalue weighted by Crippen LogP contribution is 2.32. The van der Waals surface area contributed by atoms with Crippen molar-refractivity contribution in [2.75, 3.05) is 25.3 Å². The Labute approximate surface area is 247 Å². The average Bonchev–Trinajstić information content (AvgIpc) is 3.24. The van der Waals surface area contributed by atoms with E-state index >= 15 is 0 Å². The Bertz CT molecular complexity index is 1750. The number of anilines is 1. The van der Waals surface area contributed by atoms with Crippen LogP contribution in [0.25, 0.3) is 28.2 Å². The molecule has 3 aromatic carbocycles. The quantitative estimate of drug-likeness (QED) is 0.225. The molecule has 0 unspecified atom stereocenters. The van der Waals surface area contributed by atoms with Crippen molar-refractivity contribution < 1.29 is 14.3 Å².